The lowest BCUT2D eigenvalue weighted by molar-refractivity contribution is 0.0724. The highest BCUT2D eigenvalue weighted by molar-refractivity contribution is 7.89. The molecule has 6 heteroatoms. The number of hydrogen-bond acceptors (Lipinski definition) is 3. The largest absolute Gasteiger partial charge is 0.339 e. The fourth-order valence-corrected chi connectivity index (χ4v) is 3.39. The van der Waals surface area contributed by atoms with Crippen molar-refractivity contribution in [2.24, 2.45) is 5.14 Å². The zero-order valence-electron chi connectivity index (χ0n) is 11.6. The predicted octanol–water partition coefficient (Wildman–Crippen LogP) is 1.52. The molecule has 5 nitrogen and oxygen atoms in total. The van der Waals surface area contributed by atoms with Gasteiger partial charge in [0.15, 0.2) is 0 Å². The molecule has 1 heterocycles. The van der Waals surface area contributed by atoms with Gasteiger partial charge < -0.3 is 4.90 Å². The summed E-state index contributed by atoms with van der Waals surface area (Å²) in [5, 5.41) is 5.23. The van der Waals surface area contributed by atoms with Crippen LogP contribution in [0.25, 0.3) is 0 Å². The standard InChI is InChI=1S/C14H20N2O3S/c1-2-11-6-7-12(10-13(11)20(15,18)19)14(17)16-8-4-3-5-9-16/h6-7,10H,2-5,8-9H2,1H3,(H2,15,18,19). The minimum atomic E-state index is -3.80. The van der Waals surface area contributed by atoms with Crippen LogP contribution in [-0.4, -0.2) is 32.3 Å². The molecule has 0 atom stereocenters. The van der Waals surface area contributed by atoms with E-state index in [1.165, 1.54) is 6.07 Å². The van der Waals surface area contributed by atoms with Crippen LogP contribution in [0.1, 0.15) is 42.1 Å². The average Bonchev–Trinajstić information content (AvgIpc) is 2.46. The molecule has 1 aromatic carbocycles. The van der Waals surface area contributed by atoms with Crippen LogP contribution in [-0.2, 0) is 16.4 Å². The van der Waals surface area contributed by atoms with Crippen molar-refractivity contribution in [3.05, 3.63) is 29.3 Å². The number of piperidine rings is 1. The Morgan fingerprint density at radius 1 is 1.25 bits per heavy atom. The van der Waals surface area contributed by atoms with Gasteiger partial charge >= 0.3 is 0 Å². The number of nitrogens with zero attached hydrogens (tertiary/aromatic N) is 1. The van der Waals surface area contributed by atoms with Crippen LogP contribution in [0.15, 0.2) is 23.1 Å². The second-order valence-electron chi connectivity index (χ2n) is 5.07. The lowest BCUT2D eigenvalue weighted by Gasteiger charge is -2.27. The zero-order chi connectivity index (χ0) is 14.8. The van der Waals surface area contributed by atoms with Gasteiger partial charge in [0.25, 0.3) is 5.91 Å². The summed E-state index contributed by atoms with van der Waals surface area (Å²) < 4.78 is 23.2. The van der Waals surface area contributed by atoms with Gasteiger partial charge in [0.1, 0.15) is 0 Å². The summed E-state index contributed by atoms with van der Waals surface area (Å²) in [6, 6.07) is 4.77. The molecule has 1 amide bonds. The van der Waals surface area contributed by atoms with Crippen molar-refractivity contribution in [3.63, 3.8) is 0 Å². The highest BCUT2D eigenvalue weighted by Gasteiger charge is 2.21. The number of primary sulfonamides is 1. The van der Waals surface area contributed by atoms with Gasteiger partial charge in [-0.1, -0.05) is 13.0 Å². The molecule has 20 heavy (non-hydrogen) atoms. The number of aryl methyl sites for hydroxylation is 1. The lowest BCUT2D eigenvalue weighted by atomic mass is 10.1. The first-order chi connectivity index (χ1) is 9.43. The monoisotopic (exact) mass is 296 g/mol. The lowest BCUT2D eigenvalue weighted by Crippen LogP contribution is -2.35. The molecule has 2 rings (SSSR count). The van der Waals surface area contributed by atoms with E-state index in [0.29, 0.717) is 17.5 Å². The van der Waals surface area contributed by atoms with Gasteiger partial charge in [-0.2, -0.15) is 0 Å². The van der Waals surface area contributed by atoms with Crippen LogP contribution in [0, 0.1) is 0 Å². The third kappa shape index (κ3) is 3.19. The first kappa shape index (κ1) is 15.0. The molecule has 0 saturated carbocycles. The number of sulfonamides is 1. The van der Waals surface area contributed by atoms with E-state index in [-0.39, 0.29) is 10.8 Å². The van der Waals surface area contributed by atoms with Gasteiger partial charge in [-0.25, -0.2) is 13.6 Å². The fraction of sp³-hybridized carbons (Fsp3) is 0.500. The van der Waals surface area contributed by atoms with Gasteiger partial charge in [-0.3, -0.25) is 4.79 Å². The van der Waals surface area contributed by atoms with E-state index < -0.39 is 10.0 Å². The molecule has 0 spiro atoms. The molecule has 1 saturated heterocycles. The molecule has 2 N–H and O–H groups in total. The van der Waals surface area contributed by atoms with E-state index in [1.54, 1.807) is 17.0 Å². The number of amides is 1. The number of likely N-dealkylation sites (tertiary alicyclic amines) is 1. The van der Waals surface area contributed by atoms with E-state index >= 15 is 0 Å². The Balaban J connectivity index is 2.35. The molecule has 1 aromatic rings. The van der Waals surface area contributed by atoms with Crippen LogP contribution < -0.4 is 5.14 Å². The van der Waals surface area contributed by atoms with Crippen molar-refractivity contribution in [2.45, 2.75) is 37.5 Å². The molecule has 0 aliphatic carbocycles. The maximum Gasteiger partial charge on any atom is 0.253 e. The van der Waals surface area contributed by atoms with Crippen molar-refractivity contribution in [1.29, 1.82) is 0 Å². The number of benzene rings is 1. The van der Waals surface area contributed by atoms with E-state index in [9.17, 15) is 13.2 Å². The summed E-state index contributed by atoms with van der Waals surface area (Å²) in [6.07, 6.45) is 3.70. The molecule has 0 radical (unpaired) electrons. The molecule has 0 aromatic heterocycles. The van der Waals surface area contributed by atoms with E-state index in [2.05, 4.69) is 0 Å². The van der Waals surface area contributed by atoms with Gasteiger partial charge in [-0.05, 0) is 43.4 Å². The van der Waals surface area contributed by atoms with Crippen molar-refractivity contribution in [3.8, 4) is 0 Å². The van der Waals surface area contributed by atoms with Crippen LogP contribution in [0.4, 0.5) is 0 Å². The number of rotatable bonds is 3. The Labute approximate surface area is 119 Å². The van der Waals surface area contributed by atoms with Crippen molar-refractivity contribution in [2.75, 3.05) is 13.1 Å². The van der Waals surface area contributed by atoms with Crippen molar-refractivity contribution >= 4 is 15.9 Å². The summed E-state index contributed by atoms with van der Waals surface area (Å²) in [6.45, 7) is 3.33. The summed E-state index contributed by atoms with van der Waals surface area (Å²) in [7, 11) is -3.80. The predicted molar refractivity (Wildman–Crippen MR) is 76.9 cm³/mol. The number of hydrogen-bond donors (Lipinski definition) is 1. The van der Waals surface area contributed by atoms with Gasteiger partial charge in [0.05, 0.1) is 4.90 Å². The SMILES string of the molecule is CCc1ccc(C(=O)N2CCCCC2)cc1S(N)(=O)=O. The Morgan fingerprint density at radius 3 is 2.45 bits per heavy atom. The summed E-state index contributed by atoms with van der Waals surface area (Å²) in [5.41, 5.74) is 1.04. The smallest absolute Gasteiger partial charge is 0.253 e. The normalized spacial score (nSPS) is 16.2. The fourth-order valence-electron chi connectivity index (χ4n) is 2.52. The summed E-state index contributed by atoms with van der Waals surface area (Å²) in [5.74, 6) is -0.114. The Kier molecular flexibility index (Phi) is 4.45. The Bertz CT molecular complexity index is 605. The van der Waals surface area contributed by atoms with E-state index in [4.69, 9.17) is 5.14 Å². The second kappa shape index (κ2) is 5.93. The third-order valence-corrected chi connectivity index (χ3v) is 4.64. The number of carbonyl (C=O) groups is 1. The maximum atomic E-state index is 12.4. The molecular formula is C14H20N2O3S. The minimum Gasteiger partial charge on any atom is -0.339 e. The highest BCUT2D eigenvalue weighted by Crippen LogP contribution is 2.20. The molecule has 0 unspecified atom stereocenters. The molecule has 110 valence electrons. The third-order valence-electron chi connectivity index (χ3n) is 3.64. The molecule has 1 aliphatic heterocycles. The summed E-state index contributed by atoms with van der Waals surface area (Å²) >= 11 is 0. The Morgan fingerprint density at radius 2 is 1.90 bits per heavy atom. The number of carbonyl (C=O) groups excluding carboxylic acids is 1. The van der Waals surface area contributed by atoms with Gasteiger partial charge in [0, 0.05) is 18.7 Å². The average molecular weight is 296 g/mol. The van der Waals surface area contributed by atoms with Crippen LogP contribution in [0.5, 0.6) is 0 Å². The number of nitrogens with two attached hydrogens (primary N) is 1. The highest BCUT2D eigenvalue weighted by atomic mass is 32.2. The Hall–Kier alpha value is -1.40. The van der Waals surface area contributed by atoms with Gasteiger partial charge in [0.2, 0.25) is 10.0 Å². The van der Waals surface area contributed by atoms with E-state index in [1.807, 2.05) is 6.92 Å². The second-order valence-corrected chi connectivity index (χ2v) is 6.60. The molecule has 1 fully saturated rings. The van der Waals surface area contributed by atoms with Crippen molar-refractivity contribution < 1.29 is 13.2 Å². The summed E-state index contributed by atoms with van der Waals surface area (Å²) in [4.78, 5) is 14.2. The quantitative estimate of drug-likeness (QED) is 0.918. The first-order valence-electron chi connectivity index (χ1n) is 6.88. The molecular weight excluding hydrogens is 276 g/mol. The van der Waals surface area contributed by atoms with Crippen LogP contribution in [0.2, 0.25) is 0 Å². The zero-order valence-corrected chi connectivity index (χ0v) is 12.4. The minimum absolute atomic E-state index is 0.0582. The first-order valence-corrected chi connectivity index (χ1v) is 8.43. The van der Waals surface area contributed by atoms with Crippen LogP contribution >= 0.6 is 0 Å². The van der Waals surface area contributed by atoms with Gasteiger partial charge in [-0.15, -0.1) is 0 Å². The van der Waals surface area contributed by atoms with Crippen molar-refractivity contribution in [1.82, 2.24) is 4.90 Å². The van der Waals surface area contributed by atoms with E-state index in [0.717, 1.165) is 32.4 Å². The van der Waals surface area contributed by atoms with Crippen LogP contribution in [0.3, 0.4) is 0 Å². The maximum absolute atomic E-state index is 12.4. The molecule has 1 aliphatic rings. The molecule has 0 bridgehead atoms. The topological polar surface area (TPSA) is 80.5 Å².